The molecule has 0 bridgehead atoms. The van der Waals surface area contributed by atoms with Gasteiger partial charge in [0, 0.05) is 23.7 Å². The number of benzene rings is 2. The van der Waals surface area contributed by atoms with Gasteiger partial charge in [-0.1, -0.05) is 30.3 Å². The molecule has 1 atom stereocenters. The summed E-state index contributed by atoms with van der Waals surface area (Å²) in [6.45, 7) is 3.01. The van der Waals surface area contributed by atoms with Crippen LogP contribution in [0, 0.1) is 5.82 Å². The molecule has 0 aromatic heterocycles. The summed E-state index contributed by atoms with van der Waals surface area (Å²) in [5, 5.41) is 0. The number of rotatable bonds is 3. The molecule has 3 heteroatoms. The predicted octanol–water partition coefficient (Wildman–Crippen LogP) is 4.44. The Morgan fingerprint density at radius 3 is 2.55 bits per heavy atom. The molecule has 1 aliphatic rings. The smallest absolute Gasteiger partial charge is 0.193 e. The Morgan fingerprint density at radius 2 is 1.86 bits per heavy atom. The molecule has 0 amide bonds. The van der Waals surface area contributed by atoms with Crippen LogP contribution in [0.5, 0.6) is 0 Å². The summed E-state index contributed by atoms with van der Waals surface area (Å²) in [4.78, 5) is 14.5. The highest BCUT2D eigenvalue weighted by atomic mass is 19.1. The summed E-state index contributed by atoms with van der Waals surface area (Å²) < 4.78 is 14.5. The van der Waals surface area contributed by atoms with Gasteiger partial charge in [0.1, 0.15) is 5.82 Å². The SMILES string of the molecule is CC1CCCCN1c1ccc(C(=O)c2ccccc2)cc1F. The molecule has 1 fully saturated rings. The third kappa shape index (κ3) is 2.89. The fourth-order valence-corrected chi connectivity index (χ4v) is 3.09. The molecule has 2 nitrogen and oxygen atoms in total. The van der Waals surface area contributed by atoms with Gasteiger partial charge in [-0.25, -0.2) is 4.39 Å². The molecule has 2 aromatic carbocycles. The minimum Gasteiger partial charge on any atom is -0.366 e. The first kappa shape index (κ1) is 14.8. The van der Waals surface area contributed by atoms with Crippen molar-refractivity contribution in [3.63, 3.8) is 0 Å². The largest absolute Gasteiger partial charge is 0.366 e. The third-order valence-electron chi connectivity index (χ3n) is 4.36. The van der Waals surface area contributed by atoms with Gasteiger partial charge in [0.15, 0.2) is 5.78 Å². The standard InChI is InChI=1S/C19H20FNO/c1-14-7-5-6-12-21(14)18-11-10-16(13-17(18)20)19(22)15-8-3-2-4-9-15/h2-4,8-11,13-14H,5-7,12H2,1H3. The van der Waals surface area contributed by atoms with Crippen LogP contribution < -0.4 is 4.90 Å². The second kappa shape index (κ2) is 6.30. The average Bonchev–Trinajstić information content (AvgIpc) is 2.56. The first-order chi connectivity index (χ1) is 10.7. The molecular weight excluding hydrogens is 277 g/mol. The van der Waals surface area contributed by atoms with E-state index < -0.39 is 0 Å². The summed E-state index contributed by atoms with van der Waals surface area (Å²) in [6, 6.07) is 14.2. The van der Waals surface area contributed by atoms with Crippen molar-refractivity contribution in [3.8, 4) is 0 Å². The fourth-order valence-electron chi connectivity index (χ4n) is 3.09. The molecule has 3 rings (SSSR count). The van der Waals surface area contributed by atoms with Gasteiger partial charge in [-0.05, 0) is 44.4 Å². The summed E-state index contributed by atoms with van der Waals surface area (Å²) in [5.74, 6) is -0.451. The van der Waals surface area contributed by atoms with E-state index in [1.165, 1.54) is 12.5 Å². The Bertz CT molecular complexity index is 668. The van der Waals surface area contributed by atoms with E-state index in [9.17, 15) is 9.18 Å². The van der Waals surface area contributed by atoms with Gasteiger partial charge in [-0.3, -0.25) is 4.79 Å². The maximum atomic E-state index is 14.5. The molecule has 2 aromatic rings. The monoisotopic (exact) mass is 297 g/mol. The van der Waals surface area contributed by atoms with Gasteiger partial charge in [-0.15, -0.1) is 0 Å². The summed E-state index contributed by atoms with van der Waals surface area (Å²) >= 11 is 0. The Morgan fingerprint density at radius 1 is 1.09 bits per heavy atom. The highest BCUT2D eigenvalue weighted by molar-refractivity contribution is 6.09. The van der Waals surface area contributed by atoms with Gasteiger partial charge in [0.05, 0.1) is 5.69 Å². The van der Waals surface area contributed by atoms with Crippen LogP contribution in [0.1, 0.15) is 42.1 Å². The lowest BCUT2D eigenvalue weighted by molar-refractivity contribution is 0.103. The number of carbonyl (C=O) groups is 1. The van der Waals surface area contributed by atoms with Gasteiger partial charge in [-0.2, -0.15) is 0 Å². The van der Waals surface area contributed by atoms with Crippen molar-refractivity contribution >= 4 is 11.5 Å². The molecule has 0 spiro atoms. The van der Waals surface area contributed by atoms with E-state index in [-0.39, 0.29) is 11.6 Å². The zero-order valence-electron chi connectivity index (χ0n) is 12.8. The quantitative estimate of drug-likeness (QED) is 0.781. The van der Waals surface area contributed by atoms with Crippen LogP contribution in [0.15, 0.2) is 48.5 Å². The molecule has 0 radical (unpaired) electrons. The predicted molar refractivity (Wildman–Crippen MR) is 86.9 cm³/mol. The normalized spacial score (nSPS) is 18.3. The number of hydrogen-bond acceptors (Lipinski definition) is 2. The molecule has 1 aliphatic heterocycles. The highest BCUT2D eigenvalue weighted by Crippen LogP contribution is 2.28. The van der Waals surface area contributed by atoms with E-state index in [0.29, 0.717) is 22.9 Å². The maximum Gasteiger partial charge on any atom is 0.193 e. The minimum absolute atomic E-state index is 0.141. The Labute approximate surface area is 130 Å². The van der Waals surface area contributed by atoms with Crippen molar-refractivity contribution in [3.05, 3.63) is 65.5 Å². The van der Waals surface area contributed by atoms with Gasteiger partial charge < -0.3 is 4.90 Å². The van der Waals surface area contributed by atoms with E-state index in [0.717, 1.165) is 19.4 Å². The van der Waals surface area contributed by atoms with Crippen LogP contribution in [0.25, 0.3) is 0 Å². The number of hydrogen-bond donors (Lipinski definition) is 0. The van der Waals surface area contributed by atoms with E-state index in [2.05, 4.69) is 11.8 Å². The molecule has 1 unspecified atom stereocenters. The Hall–Kier alpha value is -2.16. The molecule has 114 valence electrons. The van der Waals surface area contributed by atoms with Crippen LogP contribution >= 0.6 is 0 Å². The number of carbonyl (C=O) groups excluding carboxylic acids is 1. The molecule has 0 saturated carbocycles. The molecule has 1 saturated heterocycles. The zero-order chi connectivity index (χ0) is 15.5. The first-order valence-electron chi connectivity index (χ1n) is 7.83. The van der Waals surface area contributed by atoms with E-state index in [1.807, 2.05) is 18.2 Å². The average molecular weight is 297 g/mol. The van der Waals surface area contributed by atoms with Crippen LogP contribution in [0.2, 0.25) is 0 Å². The number of halogens is 1. The van der Waals surface area contributed by atoms with Crippen LogP contribution in [-0.2, 0) is 0 Å². The molecular formula is C19H20FNO. The van der Waals surface area contributed by atoms with Crippen molar-refractivity contribution in [1.29, 1.82) is 0 Å². The number of anilines is 1. The topological polar surface area (TPSA) is 20.3 Å². The minimum atomic E-state index is -0.310. The second-order valence-corrected chi connectivity index (χ2v) is 5.90. The lowest BCUT2D eigenvalue weighted by Crippen LogP contribution is -2.38. The van der Waals surface area contributed by atoms with Gasteiger partial charge in [0.2, 0.25) is 0 Å². The van der Waals surface area contributed by atoms with E-state index >= 15 is 0 Å². The lowest BCUT2D eigenvalue weighted by atomic mass is 10.00. The molecule has 0 aliphatic carbocycles. The van der Waals surface area contributed by atoms with Crippen molar-refractivity contribution < 1.29 is 9.18 Å². The third-order valence-corrected chi connectivity index (χ3v) is 4.36. The van der Waals surface area contributed by atoms with Gasteiger partial charge in [0.25, 0.3) is 0 Å². The van der Waals surface area contributed by atoms with E-state index in [1.54, 1.807) is 24.3 Å². The van der Waals surface area contributed by atoms with Crippen LogP contribution in [0.4, 0.5) is 10.1 Å². The number of piperidine rings is 1. The summed E-state index contributed by atoms with van der Waals surface area (Å²) in [5.41, 5.74) is 1.59. The van der Waals surface area contributed by atoms with Crippen molar-refractivity contribution in [1.82, 2.24) is 0 Å². The molecule has 1 heterocycles. The number of ketones is 1. The van der Waals surface area contributed by atoms with Crippen molar-refractivity contribution in [2.75, 3.05) is 11.4 Å². The van der Waals surface area contributed by atoms with Crippen LogP contribution in [0.3, 0.4) is 0 Å². The summed E-state index contributed by atoms with van der Waals surface area (Å²) in [7, 11) is 0. The Kier molecular flexibility index (Phi) is 4.23. The fraction of sp³-hybridized carbons (Fsp3) is 0.316. The zero-order valence-corrected chi connectivity index (χ0v) is 12.8. The highest BCUT2D eigenvalue weighted by Gasteiger charge is 2.22. The Balaban J connectivity index is 1.87. The van der Waals surface area contributed by atoms with E-state index in [4.69, 9.17) is 0 Å². The maximum absolute atomic E-state index is 14.5. The summed E-state index contributed by atoms with van der Waals surface area (Å²) in [6.07, 6.45) is 3.38. The van der Waals surface area contributed by atoms with Crippen molar-refractivity contribution in [2.45, 2.75) is 32.2 Å². The van der Waals surface area contributed by atoms with Crippen LogP contribution in [-0.4, -0.2) is 18.4 Å². The molecule has 0 N–H and O–H groups in total. The van der Waals surface area contributed by atoms with Crippen molar-refractivity contribution in [2.24, 2.45) is 0 Å². The lowest BCUT2D eigenvalue weighted by Gasteiger charge is -2.35. The van der Waals surface area contributed by atoms with Gasteiger partial charge >= 0.3 is 0 Å². The molecule has 22 heavy (non-hydrogen) atoms. The second-order valence-electron chi connectivity index (χ2n) is 5.90. The first-order valence-corrected chi connectivity index (χ1v) is 7.83. The number of nitrogens with zero attached hydrogens (tertiary/aromatic N) is 1.